The van der Waals surface area contributed by atoms with E-state index in [2.05, 4.69) is 52.8 Å². The molecule has 1 heteroatoms. The van der Waals surface area contributed by atoms with Crippen LogP contribution in [0.15, 0.2) is 18.2 Å². The number of nitrogens with two attached hydrogens (primary N) is 1. The second kappa shape index (κ2) is 4.38. The van der Waals surface area contributed by atoms with E-state index in [1.165, 1.54) is 23.1 Å². The monoisotopic (exact) mass is 245 g/mol. The Balaban J connectivity index is 2.41. The predicted octanol–water partition coefficient (Wildman–Crippen LogP) is 4.30. The topological polar surface area (TPSA) is 26.0 Å². The molecule has 1 aromatic carbocycles. The molecule has 0 saturated heterocycles. The summed E-state index contributed by atoms with van der Waals surface area (Å²) in [5.41, 5.74) is 11.0. The summed E-state index contributed by atoms with van der Waals surface area (Å²) in [6.45, 7) is 11.4. The molecule has 0 radical (unpaired) electrons. The molecule has 1 fully saturated rings. The van der Waals surface area contributed by atoms with E-state index >= 15 is 0 Å². The van der Waals surface area contributed by atoms with E-state index in [0.29, 0.717) is 11.3 Å². The molecule has 1 aromatic rings. The zero-order valence-electron chi connectivity index (χ0n) is 12.5. The van der Waals surface area contributed by atoms with E-state index in [9.17, 15) is 0 Å². The fourth-order valence-corrected chi connectivity index (χ4v) is 4.21. The van der Waals surface area contributed by atoms with Gasteiger partial charge in [0.1, 0.15) is 0 Å². The van der Waals surface area contributed by atoms with Crippen molar-refractivity contribution in [1.82, 2.24) is 0 Å². The number of aryl methyl sites for hydroxylation is 2. The van der Waals surface area contributed by atoms with Crippen LogP contribution in [0.5, 0.6) is 0 Å². The highest BCUT2D eigenvalue weighted by Crippen LogP contribution is 2.47. The van der Waals surface area contributed by atoms with Gasteiger partial charge in [-0.3, -0.25) is 0 Å². The van der Waals surface area contributed by atoms with Crippen LogP contribution in [0, 0.1) is 25.2 Å². The summed E-state index contributed by atoms with van der Waals surface area (Å²) in [7, 11) is 0. The summed E-state index contributed by atoms with van der Waals surface area (Å²) in [6.07, 6.45) is 3.49. The first-order chi connectivity index (χ1) is 8.22. The Morgan fingerprint density at radius 3 is 2.39 bits per heavy atom. The van der Waals surface area contributed by atoms with Gasteiger partial charge >= 0.3 is 0 Å². The maximum atomic E-state index is 6.80. The molecule has 2 unspecified atom stereocenters. The lowest BCUT2D eigenvalue weighted by atomic mass is 9.62. The SMILES string of the molecule is Cc1ccc(C2(N)CC(C)CC(C)(C)C2)c(C)c1. The predicted molar refractivity (Wildman–Crippen MR) is 78.6 cm³/mol. The average molecular weight is 245 g/mol. The lowest BCUT2D eigenvalue weighted by molar-refractivity contribution is 0.107. The minimum Gasteiger partial charge on any atom is -0.321 e. The van der Waals surface area contributed by atoms with Gasteiger partial charge in [-0.2, -0.15) is 0 Å². The Morgan fingerprint density at radius 2 is 1.83 bits per heavy atom. The molecule has 1 saturated carbocycles. The number of hydrogen-bond donors (Lipinski definition) is 1. The standard InChI is InChI=1S/C17H27N/c1-12-6-7-15(14(3)8-12)17(18)10-13(2)9-16(4,5)11-17/h6-8,13H,9-11,18H2,1-5H3. The highest BCUT2D eigenvalue weighted by molar-refractivity contribution is 5.36. The van der Waals surface area contributed by atoms with Gasteiger partial charge in [0.2, 0.25) is 0 Å². The van der Waals surface area contributed by atoms with Crippen LogP contribution < -0.4 is 5.73 Å². The molecular formula is C17H27N. The molecule has 2 rings (SSSR count). The van der Waals surface area contributed by atoms with Crippen LogP contribution in [0.3, 0.4) is 0 Å². The average Bonchev–Trinajstić information content (AvgIpc) is 2.11. The molecule has 100 valence electrons. The molecule has 0 aliphatic heterocycles. The minimum absolute atomic E-state index is 0.140. The maximum Gasteiger partial charge on any atom is 0.0419 e. The third-order valence-corrected chi connectivity index (χ3v) is 4.33. The van der Waals surface area contributed by atoms with Crippen LogP contribution >= 0.6 is 0 Å². The van der Waals surface area contributed by atoms with E-state index in [4.69, 9.17) is 5.73 Å². The van der Waals surface area contributed by atoms with Crippen LogP contribution in [0.4, 0.5) is 0 Å². The lowest BCUT2D eigenvalue weighted by Crippen LogP contribution is -2.47. The Labute approximate surface area is 112 Å². The van der Waals surface area contributed by atoms with Crippen LogP contribution in [0.25, 0.3) is 0 Å². The van der Waals surface area contributed by atoms with Crippen molar-refractivity contribution in [2.24, 2.45) is 17.1 Å². The summed E-state index contributed by atoms with van der Waals surface area (Å²) < 4.78 is 0. The van der Waals surface area contributed by atoms with Crippen molar-refractivity contribution in [3.05, 3.63) is 34.9 Å². The van der Waals surface area contributed by atoms with Crippen LogP contribution in [-0.4, -0.2) is 0 Å². The van der Waals surface area contributed by atoms with Gasteiger partial charge in [0, 0.05) is 5.54 Å². The fourth-order valence-electron chi connectivity index (χ4n) is 4.21. The van der Waals surface area contributed by atoms with Crippen molar-refractivity contribution in [3.63, 3.8) is 0 Å². The molecule has 2 atom stereocenters. The van der Waals surface area contributed by atoms with Crippen LogP contribution in [0.2, 0.25) is 0 Å². The van der Waals surface area contributed by atoms with Gasteiger partial charge < -0.3 is 5.73 Å². The van der Waals surface area contributed by atoms with Gasteiger partial charge in [0.15, 0.2) is 0 Å². The van der Waals surface area contributed by atoms with E-state index in [1.807, 2.05) is 0 Å². The first-order valence-corrected chi connectivity index (χ1v) is 7.08. The Hall–Kier alpha value is -0.820. The molecule has 1 aliphatic carbocycles. The van der Waals surface area contributed by atoms with Crippen LogP contribution in [-0.2, 0) is 5.54 Å². The normalized spacial score (nSPS) is 31.3. The third-order valence-electron chi connectivity index (χ3n) is 4.33. The smallest absolute Gasteiger partial charge is 0.0419 e. The molecule has 0 aromatic heterocycles. The van der Waals surface area contributed by atoms with Gasteiger partial charge in [-0.25, -0.2) is 0 Å². The summed E-state index contributed by atoms with van der Waals surface area (Å²) in [5.74, 6) is 0.708. The molecule has 0 heterocycles. The van der Waals surface area contributed by atoms with E-state index in [0.717, 1.165) is 12.8 Å². The molecule has 0 spiro atoms. The summed E-state index contributed by atoms with van der Waals surface area (Å²) in [4.78, 5) is 0. The van der Waals surface area contributed by atoms with Gasteiger partial charge in [0.25, 0.3) is 0 Å². The number of hydrogen-bond acceptors (Lipinski definition) is 1. The van der Waals surface area contributed by atoms with Crippen molar-refractivity contribution in [2.45, 2.75) is 59.4 Å². The van der Waals surface area contributed by atoms with Gasteiger partial charge in [-0.05, 0) is 55.6 Å². The second-order valence-corrected chi connectivity index (χ2v) is 7.33. The molecule has 1 aliphatic rings. The largest absolute Gasteiger partial charge is 0.321 e. The molecule has 1 nitrogen and oxygen atoms in total. The Morgan fingerprint density at radius 1 is 1.17 bits per heavy atom. The Kier molecular flexibility index (Phi) is 3.31. The third kappa shape index (κ3) is 2.61. The van der Waals surface area contributed by atoms with E-state index < -0.39 is 0 Å². The lowest BCUT2D eigenvalue weighted by Gasteiger charge is -2.46. The second-order valence-electron chi connectivity index (χ2n) is 7.33. The molecular weight excluding hydrogens is 218 g/mol. The van der Waals surface area contributed by atoms with Crippen molar-refractivity contribution >= 4 is 0 Å². The van der Waals surface area contributed by atoms with Gasteiger partial charge in [-0.15, -0.1) is 0 Å². The summed E-state index contributed by atoms with van der Waals surface area (Å²) in [5, 5.41) is 0. The maximum absolute atomic E-state index is 6.80. The molecule has 0 amide bonds. The van der Waals surface area contributed by atoms with Gasteiger partial charge in [-0.1, -0.05) is 44.5 Å². The number of rotatable bonds is 1. The zero-order valence-corrected chi connectivity index (χ0v) is 12.5. The minimum atomic E-state index is -0.140. The van der Waals surface area contributed by atoms with Crippen molar-refractivity contribution in [1.29, 1.82) is 0 Å². The quantitative estimate of drug-likeness (QED) is 0.784. The summed E-state index contributed by atoms with van der Waals surface area (Å²) in [6, 6.07) is 6.71. The zero-order chi connectivity index (χ0) is 13.6. The van der Waals surface area contributed by atoms with Crippen LogP contribution in [0.1, 0.15) is 56.7 Å². The van der Waals surface area contributed by atoms with Gasteiger partial charge in [0.05, 0.1) is 0 Å². The first-order valence-electron chi connectivity index (χ1n) is 7.08. The highest BCUT2D eigenvalue weighted by Gasteiger charge is 2.41. The van der Waals surface area contributed by atoms with Crippen molar-refractivity contribution < 1.29 is 0 Å². The molecule has 18 heavy (non-hydrogen) atoms. The van der Waals surface area contributed by atoms with E-state index in [1.54, 1.807) is 0 Å². The molecule has 2 N–H and O–H groups in total. The van der Waals surface area contributed by atoms with Crippen molar-refractivity contribution in [2.75, 3.05) is 0 Å². The van der Waals surface area contributed by atoms with Crippen molar-refractivity contribution in [3.8, 4) is 0 Å². The summed E-state index contributed by atoms with van der Waals surface area (Å²) >= 11 is 0. The first kappa shape index (κ1) is 13.6. The fraction of sp³-hybridized carbons (Fsp3) is 0.647. The highest BCUT2D eigenvalue weighted by atomic mass is 14.8. The Bertz CT molecular complexity index is 447. The van der Waals surface area contributed by atoms with E-state index in [-0.39, 0.29) is 5.54 Å². The number of benzene rings is 1. The molecule has 0 bridgehead atoms.